The maximum Gasteiger partial charge on any atom is 0.225 e. The first-order valence-electron chi connectivity index (χ1n) is 8.63. The lowest BCUT2D eigenvalue weighted by atomic mass is 10.0. The number of halogens is 1. The summed E-state index contributed by atoms with van der Waals surface area (Å²) in [7, 11) is 3.44. The summed E-state index contributed by atoms with van der Waals surface area (Å²) in [4.78, 5) is 17.1. The Labute approximate surface area is 157 Å². The molecular weight excluding hydrogens is 345 g/mol. The summed E-state index contributed by atoms with van der Waals surface area (Å²) >= 11 is 0. The molecule has 0 saturated carbocycles. The van der Waals surface area contributed by atoms with E-state index >= 15 is 0 Å². The minimum Gasteiger partial charge on any atom is -0.496 e. The Hall–Kier alpha value is -3.15. The molecule has 0 saturated heterocycles. The van der Waals surface area contributed by atoms with Gasteiger partial charge in [0.15, 0.2) is 0 Å². The van der Waals surface area contributed by atoms with Crippen molar-refractivity contribution in [1.82, 2.24) is 14.9 Å². The fraction of sp³-hybridized carbons (Fsp3) is 0.238. The van der Waals surface area contributed by atoms with E-state index in [9.17, 15) is 9.18 Å². The van der Waals surface area contributed by atoms with Crippen LogP contribution in [0, 0.1) is 12.7 Å². The topological polar surface area (TPSA) is 56.1 Å². The van der Waals surface area contributed by atoms with Gasteiger partial charge < -0.3 is 14.6 Å². The molecule has 5 nitrogen and oxygen atoms in total. The van der Waals surface area contributed by atoms with Crippen LogP contribution in [-0.2, 0) is 18.3 Å². The van der Waals surface area contributed by atoms with Gasteiger partial charge in [-0.2, -0.15) is 0 Å². The molecule has 0 aliphatic rings. The van der Waals surface area contributed by atoms with Crippen molar-refractivity contribution in [1.29, 1.82) is 0 Å². The van der Waals surface area contributed by atoms with Gasteiger partial charge in [-0.05, 0) is 30.7 Å². The van der Waals surface area contributed by atoms with Crippen LogP contribution >= 0.6 is 0 Å². The van der Waals surface area contributed by atoms with Gasteiger partial charge in [0.1, 0.15) is 23.4 Å². The van der Waals surface area contributed by atoms with Crippen molar-refractivity contribution in [3.63, 3.8) is 0 Å². The highest BCUT2D eigenvalue weighted by molar-refractivity contribution is 5.80. The Bertz CT molecular complexity index is 935. The van der Waals surface area contributed by atoms with Crippen LogP contribution in [0.5, 0.6) is 5.75 Å². The Balaban J connectivity index is 1.86. The molecule has 1 amide bonds. The summed E-state index contributed by atoms with van der Waals surface area (Å²) in [6, 6.07) is 11.3. The number of benzene rings is 2. The van der Waals surface area contributed by atoms with Crippen molar-refractivity contribution in [3.8, 4) is 5.75 Å². The number of nitrogens with zero attached hydrogens (tertiary/aromatic N) is 2. The average Bonchev–Trinajstić information content (AvgIpc) is 3.06. The Kier molecular flexibility index (Phi) is 5.54. The molecule has 1 aromatic heterocycles. The highest BCUT2D eigenvalue weighted by atomic mass is 19.1. The van der Waals surface area contributed by atoms with Gasteiger partial charge in [-0.1, -0.05) is 29.8 Å². The van der Waals surface area contributed by atoms with Crippen LogP contribution in [0.15, 0.2) is 54.9 Å². The van der Waals surface area contributed by atoms with Crippen molar-refractivity contribution in [2.75, 3.05) is 7.11 Å². The summed E-state index contributed by atoms with van der Waals surface area (Å²) in [5, 5.41) is 3.01. The summed E-state index contributed by atoms with van der Waals surface area (Å²) in [5.41, 5.74) is 2.63. The standard InChI is InChI=1S/C21H22FN3O2/c1-14-4-9-18(27-3)16(12-14)13-19(26)24-20(21-23-10-11-25(21)2)15-5-7-17(22)8-6-15/h4-12,20H,13H2,1-3H3,(H,24,26). The molecule has 27 heavy (non-hydrogen) atoms. The van der Waals surface area contributed by atoms with Crippen LogP contribution < -0.4 is 10.1 Å². The van der Waals surface area contributed by atoms with Gasteiger partial charge in [0.25, 0.3) is 0 Å². The van der Waals surface area contributed by atoms with Gasteiger partial charge in [0.05, 0.1) is 13.5 Å². The van der Waals surface area contributed by atoms with Crippen molar-refractivity contribution >= 4 is 5.91 Å². The van der Waals surface area contributed by atoms with Gasteiger partial charge in [-0.3, -0.25) is 4.79 Å². The minimum absolute atomic E-state index is 0.170. The zero-order valence-corrected chi connectivity index (χ0v) is 15.6. The first-order chi connectivity index (χ1) is 13.0. The molecule has 3 aromatic rings. The largest absolute Gasteiger partial charge is 0.496 e. The third-order valence-electron chi connectivity index (χ3n) is 4.41. The summed E-state index contributed by atoms with van der Waals surface area (Å²) in [6.07, 6.45) is 3.65. The monoisotopic (exact) mass is 367 g/mol. The quantitative estimate of drug-likeness (QED) is 0.727. The average molecular weight is 367 g/mol. The molecule has 0 fully saturated rings. The van der Waals surface area contributed by atoms with Gasteiger partial charge in [-0.25, -0.2) is 9.37 Å². The molecular formula is C21H22FN3O2. The molecule has 6 heteroatoms. The first-order valence-corrected chi connectivity index (χ1v) is 8.63. The van der Waals surface area contributed by atoms with E-state index in [4.69, 9.17) is 4.74 Å². The molecule has 0 bridgehead atoms. The van der Waals surface area contributed by atoms with Crippen LogP contribution in [0.4, 0.5) is 4.39 Å². The number of ether oxygens (including phenoxy) is 1. The van der Waals surface area contributed by atoms with Gasteiger partial charge in [-0.15, -0.1) is 0 Å². The fourth-order valence-electron chi connectivity index (χ4n) is 3.04. The van der Waals surface area contributed by atoms with Crippen LogP contribution in [0.1, 0.15) is 28.6 Å². The van der Waals surface area contributed by atoms with E-state index in [0.29, 0.717) is 11.6 Å². The van der Waals surface area contributed by atoms with Crippen LogP contribution in [0.3, 0.4) is 0 Å². The van der Waals surface area contributed by atoms with Gasteiger partial charge in [0, 0.05) is 25.0 Å². The summed E-state index contributed by atoms with van der Waals surface area (Å²) in [5.74, 6) is 0.849. The summed E-state index contributed by atoms with van der Waals surface area (Å²) < 4.78 is 20.5. The minimum atomic E-state index is -0.478. The lowest BCUT2D eigenvalue weighted by Gasteiger charge is -2.20. The van der Waals surface area contributed by atoms with E-state index in [-0.39, 0.29) is 18.1 Å². The second-order valence-electron chi connectivity index (χ2n) is 6.44. The van der Waals surface area contributed by atoms with E-state index in [1.807, 2.05) is 42.9 Å². The second-order valence-corrected chi connectivity index (χ2v) is 6.44. The Morgan fingerprint density at radius 3 is 2.63 bits per heavy atom. The highest BCUT2D eigenvalue weighted by Gasteiger charge is 2.21. The normalized spacial score (nSPS) is 11.9. The van der Waals surface area contributed by atoms with Gasteiger partial charge >= 0.3 is 0 Å². The number of amides is 1. The van der Waals surface area contributed by atoms with E-state index < -0.39 is 6.04 Å². The molecule has 0 aliphatic carbocycles. The molecule has 0 spiro atoms. The van der Waals surface area contributed by atoms with Crippen molar-refractivity contribution in [3.05, 3.63) is 83.2 Å². The number of carbonyl (C=O) groups excluding carboxylic acids is 1. The predicted octanol–water partition coefficient (Wildman–Crippen LogP) is 3.32. The summed E-state index contributed by atoms with van der Waals surface area (Å²) in [6.45, 7) is 1.97. The van der Waals surface area contributed by atoms with Crippen LogP contribution in [0.2, 0.25) is 0 Å². The number of imidazole rings is 1. The third-order valence-corrected chi connectivity index (χ3v) is 4.41. The van der Waals surface area contributed by atoms with E-state index in [0.717, 1.165) is 16.7 Å². The maximum absolute atomic E-state index is 13.3. The van der Waals surface area contributed by atoms with E-state index in [1.54, 1.807) is 25.4 Å². The molecule has 1 unspecified atom stereocenters. The number of hydrogen-bond donors (Lipinski definition) is 1. The first kappa shape index (κ1) is 18.6. The van der Waals surface area contributed by atoms with Crippen molar-refractivity contribution in [2.45, 2.75) is 19.4 Å². The molecule has 0 radical (unpaired) electrons. The molecule has 1 N–H and O–H groups in total. The van der Waals surface area contributed by atoms with Gasteiger partial charge in [0.2, 0.25) is 5.91 Å². The number of aryl methyl sites for hydroxylation is 2. The number of aromatic nitrogens is 2. The van der Waals surface area contributed by atoms with Crippen molar-refractivity contribution < 1.29 is 13.9 Å². The van der Waals surface area contributed by atoms with Crippen LogP contribution in [-0.4, -0.2) is 22.6 Å². The molecule has 3 rings (SSSR count). The third kappa shape index (κ3) is 4.34. The number of hydrogen-bond acceptors (Lipinski definition) is 3. The smallest absolute Gasteiger partial charge is 0.225 e. The molecule has 0 aliphatic heterocycles. The maximum atomic E-state index is 13.3. The van der Waals surface area contributed by atoms with E-state index in [1.165, 1.54) is 12.1 Å². The number of methoxy groups -OCH3 is 1. The Morgan fingerprint density at radius 1 is 1.26 bits per heavy atom. The molecule has 140 valence electrons. The predicted molar refractivity (Wildman–Crippen MR) is 101 cm³/mol. The zero-order chi connectivity index (χ0) is 19.4. The molecule has 1 atom stereocenters. The van der Waals surface area contributed by atoms with E-state index in [2.05, 4.69) is 10.3 Å². The Morgan fingerprint density at radius 2 is 2.00 bits per heavy atom. The fourth-order valence-corrected chi connectivity index (χ4v) is 3.04. The lowest BCUT2D eigenvalue weighted by molar-refractivity contribution is -0.121. The second kappa shape index (κ2) is 8.03. The number of rotatable bonds is 6. The van der Waals surface area contributed by atoms with Crippen molar-refractivity contribution in [2.24, 2.45) is 7.05 Å². The SMILES string of the molecule is COc1ccc(C)cc1CC(=O)NC(c1ccc(F)cc1)c1nccn1C. The molecule has 1 heterocycles. The number of carbonyl (C=O) groups is 1. The lowest BCUT2D eigenvalue weighted by Crippen LogP contribution is -2.32. The zero-order valence-electron chi connectivity index (χ0n) is 15.6. The van der Waals surface area contributed by atoms with Crippen LogP contribution in [0.25, 0.3) is 0 Å². The number of nitrogens with one attached hydrogen (secondary N) is 1. The molecule has 2 aromatic carbocycles. The highest BCUT2D eigenvalue weighted by Crippen LogP contribution is 2.23.